The fraction of sp³-hybridized carbons (Fsp3) is 0.500. The molecule has 3 rings (SSSR count). The molecule has 1 amide bonds. The van der Waals surface area contributed by atoms with Crippen LogP contribution in [0.25, 0.3) is 5.69 Å². The number of benzene rings is 1. The van der Waals surface area contributed by atoms with Crippen molar-refractivity contribution in [1.82, 2.24) is 19.7 Å². The number of carbonyl (C=O) groups excluding carboxylic acids is 1. The number of aromatic nitrogens is 3. The van der Waals surface area contributed by atoms with Gasteiger partial charge in [-0.2, -0.15) is 0 Å². The third kappa shape index (κ3) is 4.15. The van der Waals surface area contributed by atoms with Crippen LogP contribution in [0.5, 0.6) is 5.75 Å². The van der Waals surface area contributed by atoms with Gasteiger partial charge in [0.05, 0.1) is 12.9 Å². The highest BCUT2D eigenvalue weighted by Crippen LogP contribution is 2.24. The lowest BCUT2D eigenvalue weighted by atomic mass is 10.0. The number of likely N-dealkylation sites (tertiary alicyclic amines) is 1. The summed E-state index contributed by atoms with van der Waals surface area (Å²) < 4.78 is 7.17. The molecule has 0 N–H and O–H groups in total. The Morgan fingerprint density at radius 2 is 2.08 bits per heavy atom. The molecule has 1 fully saturated rings. The average molecular weight is 360 g/mol. The largest absolute Gasteiger partial charge is 0.497 e. The number of carbonyl (C=O) groups is 1. The van der Waals surface area contributed by atoms with Crippen molar-refractivity contribution < 1.29 is 9.53 Å². The third-order valence-corrected chi connectivity index (χ3v) is 5.37. The van der Waals surface area contributed by atoms with Crippen LogP contribution in [0.1, 0.15) is 25.6 Å². The lowest BCUT2D eigenvalue weighted by Gasteiger charge is -2.30. The first-order valence-corrected chi connectivity index (χ1v) is 9.54. The van der Waals surface area contributed by atoms with E-state index in [2.05, 4.69) is 17.1 Å². The van der Waals surface area contributed by atoms with Gasteiger partial charge < -0.3 is 9.64 Å². The van der Waals surface area contributed by atoms with Crippen LogP contribution in [-0.2, 0) is 4.79 Å². The highest BCUT2D eigenvalue weighted by atomic mass is 32.2. The summed E-state index contributed by atoms with van der Waals surface area (Å²) in [6, 6.07) is 7.74. The highest BCUT2D eigenvalue weighted by molar-refractivity contribution is 7.99. The van der Waals surface area contributed by atoms with Crippen LogP contribution in [0, 0.1) is 12.8 Å². The second-order valence-electron chi connectivity index (χ2n) is 6.44. The number of thioether (sulfide) groups is 1. The van der Waals surface area contributed by atoms with Crippen LogP contribution < -0.4 is 4.74 Å². The fourth-order valence-electron chi connectivity index (χ4n) is 3.10. The predicted octanol–water partition coefficient (Wildman–Crippen LogP) is 2.93. The van der Waals surface area contributed by atoms with Gasteiger partial charge in [-0.25, -0.2) is 0 Å². The fourth-order valence-corrected chi connectivity index (χ4v) is 4.00. The Kier molecular flexibility index (Phi) is 5.63. The van der Waals surface area contributed by atoms with E-state index in [1.165, 1.54) is 18.2 Å². The molecule has 7 heteroatoms. The number of hydrogen-bond acceptors (Lipinski definition) is 5. The quantitative estimate of drug-likeness (QED) is 0.767. The molecule has 1 aromatic carbocycles. The summed E-state index contributed by atoms with van der Waals surface area (Å²) in [4.78, 5) is 14.5. The molecule has 1 aliphatic heterocycles. The maximum Gasteiger partial charge on any atom is 0.233 e. The van der Waals surface area contributed by atoms with Crippen molar-refractivity contribution in [3.8, 4) is 11.4 Å². The lowest BCUT2D eigenvalue weighted by molar-refractivity contribution is -0.130. The van der Waals surface area contributed by atoms with E-state index in [0.29, 0.717) is 11.7 Å². The number of rotatable bonds is 5. The molecule has 25 heavy (non-hydrogen) atoms. The standard InChI is InChI=1S/C18H24N4O2S/c1-13-5-4-10-21(11-13)17(23)12-25-18-20-19-14(2)22(18)15-6-8-16(24-3)9-7-15/h6-9,13H,4-5,10-12H2,1-3H3. The zero-order chi connectivity index (χ0) is 17.8. The van der Waals surface area contributed by atoms with Crippen molar-refractivity contribution >= 4 is 17.7 Å². The number of amides is 1. The van der Waals surface area contributed by atoms with Crippen LogP contribution in [0.15, 0.2) is 29.4 Å². The molecule has 0 saturated carbocycles. The van der Waals surface area contributed by atoms with E-state index >= 15 is 0 Å². The number of nitrogens with zero attached hydrogens (tertiary/aromatic N) is 4. The van der Waals surface area contributed by atoms with E-state index in [-0.39, 0.29) is 5.91 Å². The Morgan fingerprint density at radius 1 is 1.32 bits per heavy atom. The third-order valence-electron chi connectivity index (χ3n) is 4.46. The maximum atomic E-state index is 12.5. The summed E-state index contributed by atoms with van der Waals surface area (Å²) >= 11 is 1.44. The van der Waals surface area contributed by atoms with E-state index in [1.807, 2.05) is 40.7 Å². The minimum atomic E-state index is 0.179. The van der Waals surface area contributed by atoms with Crippen molar-refractivity contribution in [3.63, 3.8) is 0 Å². The van der Waals surface area contributed by atoms with Gasteiger partial charge in [0.2, 0.25) is 5.91 Å². The average Bonchev–Trinajstić information content (AvgIpc) is 3.00. The van der Waals surface area contributed by atoms with Crippen LogP contribution >= 0.6 is 11.8 Å². The van der Waals surface area contributed by atoms with E-state index in [9.17, 15) is 4.79 Å². The van der Waals surface area contributed by atoms with Gasteiger partial charge in [0.15, 0.2) is 5.16 Å². The van der Waals surface area contributed by atoms with Gasteiger partial charge in [0.1, 0.15) is 11.6 Å². The summed E-state index contributed by atoms with van der Waals surface area (Å²) in [7, 11) is 1.65. The Morgan fingerprint density at radius 3 is 2.76 bits per heavy atom. The minimum Gasteiger partial charge on any atom is -0.497 e. The monoisotopic (exact) mass is 360 g/mol. The molecule has 1 saturated heterocycles. The van der Waals surface area contributed by atoms with Crippen molar-refractivity contribution in [2.24, 2.45) is 5.92 Å². The zero-order valence-electron chi connectivity index (χ0n) is 14.9. The first-order chi connectivity index (χ1) is 12.1. The lowest BCUT2D eigenvalue weighted by Crippen LogP contribution is -2.40. The molecule has 1 aliphatic rings. The molecule has 0 bridgehead atoms. The van der Waals surface area contributed by atoms with E-state index < -0.39 is 0 Å². The Labute approximate surface area is 152 Å². The topological polar surface area (TPSA) is 60.2 Å². The molecule has 2 heterocycles. The molecule has 0 aliphatic carbocycles. The van der Waals surface area contributed by atoms with Gasteiger partial charge in [-0.15, -0.1) is 10.2 Å². The van der Waals surface area contributed by atoms with E-state index in [1.54, 1.807) is 7.11 Å². The molecular formula is C18H24N4O2S. The molecule has 0 radical (unpaired) electrons. The number of methoxy groups -OCH3 is 1. The molecule has 1 aromatic heterocycles. The normalized spacial score (nSPS) is 17.6. The molecule has 2 aromatic rings. The predicted molar refractivity (Wildman–Crippen MR) is 98.4 cm³/mol. The van der Waals surface area contributed by atoms with Crippen molar-refractivity contribution in [1.29, 1.82) is 0 Å². The van der Waals surface area contributed by atoms with Crippen molar-refractivity contribution in [2.75, 3.05) is 26.0 Å². The van der Waals surface area contributed by atoms with Gasteiger partial charge >= 0.3 is 0 Å². The van der Waals surface area contributed by atoms with Crippen LogP contribution in [0.3, 0.4) is 0 Å². The van der Waals surface area contributed by atoms with Gasteiger partial charge in [-0.3, -0.25) is 9.36 Å². The number of aryl methyl sites for hydroxylation is 1. The van der Waals surface area contributed by atoms with Crippen molar-refractivity contribution in [3.05, 3.63) is 30.1 Å². The molecular weight excluding hydrogens is 336 g/mol. The van der Waals surface area contributed by atoms with Gasteiger partial charge in [-0.05, 0) is 49.9 Å². The van der Waals surface area contributed by atoms with Gasteiger partial charge in [0.25, 0.3) is 0 Å². The second-order valence-corrected chi connectivity index (χ2v) is 7.38. The summed E-state index contributed by atoms with van der Waals surface area (Å²) in [6.45, 7) is 5.85. The molecule has 134 valence electrons. The number of hydrogen-bond donors (Lipinski definition) is 0. The number of piperidine rings is 1. The van der Waals surface area contributed by atoms with Crippen LogP contribution in [-0.4, -0.2) is 51.5 Å². The SMILES string of the molecule is COc1ccc(-n2c(C)nnc2SCC(=O)N2CCCC(C)C2)cc1. The van der Waals surface area contributed by atoms with Gasteiger partial charge in [-0.1, -0.05) is 18.7 Å². The summed E-state index contributed by atoms with van der Waals surface area (Å²) in [6.07, 6.45) is 2.31. The van der Waals surface area contributed by atoms with Gasteiger partial charge in [0, 0.05) is 18.8 Å². The first kappa shape index (κ1) is 17.8. The highest BCUT2D eigenvalue weighted by Gasteiger charge is 2.22. The molecule has 6 nitrogen and oxygen atoms in total. The Hall–Kier alpha value is -2.02. The summed E-state index contributed by atoms with van der Waals surface area (Å²) in [5.74, 6) is 2.76. The maximum absolute atomic E-state index is 12.5. The Balaban J connectivity index is 1.70. The molecule has 0 spiro atoms. The van der Waals surface area contributed by atoms with Crippen LogP contribution in [0.2, 0.25) is 0 Å². The summed E-state index contributed by atoms with van der Waals surface area (Å²) in [5, 5.41) is 9.15. The number of ether oxygens (including phenoxy) is 1. The summed E-state index contributed by atoms with van der Waals surface area (Å²) in [5.41, 5.74) is 0.963. The van der Waals surface area contributed by atoms with E-state index in [4.69, 9.17) is 4.74 Å². The molecule has 1 atom stereocenters. The van der Waals surface area contributed by atoms with Crippen molar-refractivity contribution in [2.45, 2.75) is 31.8 Å². The van der Waals surface area contributed by atoms with E-state index in [0.717, 1.165) is 41.9 Å². The minimum absolute atomic E-state index is 0.179. The Bertz CT molecular complexity index is 729. The first-order valence-electron chi connectivity index (χ1n) is 8.55. The smallest absolute Gasteiger partial charge is 0.233 e. The van der Waals surface area contributed by atoms with Crippen LogP contribution in [0.4, 0.5) is 0 Å². The second kappa shape index (κ2) is 7.91. The zero-order valence-corrected chi connectivity index (χ0v) is 15.8. The molecule has 1 unspecified atom stereocenters.